The van der Waals surface area contributed by atoms with Crippen LogP contribution >= 0.6 is 0 Å². The normalized spacial score (nSPS) is 17.6. The van der Waals surface area contributed by atoms with Crippen molar-refractivity contribution in [3.8, 4) is 0 Å². The number of fused-ring (bicyclic) bond motifs is 1. The quantitative estimate of drug-likeness (QED) is 0.699. The van der Waals surface area contributed by atoms with Gasteiger partial charge in [0.2, 0.25) is 5.91 Å². The van der Waals surface area contributed by atoms with Crippen LogP contribution in [0.15, 0.2) is 60.8 Å². The minimum absolute atomic E-state index is 0.0388. The molecule has 1 amide bonds. The number of halogens is 1. The third-order valence-corrected chi connectivity index (χ3v) is 5.58. The van der Waals surface area contributed by atoms with Gasteiger partial charge < -0.3 is 5.32 Å². The molecule has 0 saturated carbocycles. The van der Waals surface area contributed by atoms with Gasteiger partial charge in [0.05, 0.1) is 25.2 Å². The fourth-order valence-corrected chi connectivity index (χ4v) is 4.18. The minimum atomic E-state index is -0.344. The van der Waals surface area contributed by atoms with Crippen molar-refractivity contribution in [3.05, 3.63) is 89.0 Å². The molecule has 5 heteroatoms. The highest BCUT2D eigenvalue weighted by atomic mass is 19.1. The van der Waals surface area contributed by atoms with Gasteiger partial charge in [-0.05, 0) is 35.4 Å². The number of aromatic nitrogens is 2. The first-order valence-electron chi connectivity index (χ1n) is 10.0. The number of hydrogen-bond donors (Lipinski definition) is 1. The fraction of sp³-hybridized carbons (Fsp3) is 0.333. The maximum Gasteiger partial charge on any atom is 0.225 e. The van der Waals surface area contributed by atoms with E-state index < -0.39 is 0 Å². The molecule has 29 heavy (non-hydrogen) atoms. The Labute approximate surface area is 170 Å². The Morgan fingerprint density at radius 2 is 1.90 bits per heavy atom. The van der Waals surface area contributed by atoms with Crippen LogP contribution in [0, 0.1) is 11.2 Å². The average Bonchev–Trinajstić information content (AvgIpc) is 3.06. The van der Waals surface area contributed by atoms with Crippen molar-refractivity contribution < 1.29 is 9.18 Å². The molecule has 1 aromatic heterocycles. The van der Waals surface area contributed by atoms with Crippen LogP contribution in [0.4, 0.5) is 4.39 Å². The van der Waals surface area contributed by atoms with E-state index in [2.05, 4.69) is 36.4 Å². The number of amides is 1. The summed E-state index contributed by atoms with van der Waals surface area (Å²) in [5.41, 5.74) is 3.89. The Morgan fingerprint density at radius 3 is 2.66 bits per heavy atom. The van der Waals surface area contributed by atoms with Crippen LogP contribution in [0.25, 0.3) is 0 Å². The minimum Gasteiger partial charge on any atom is -0.349 e. The number of carbonyl (C=O) groups excluding carboxylic acids is 1. The molecule has 4 nitrogen and oxygen atoms in total. The van der Waals surface area contributed by atoms with Crippen molar-refractivity contribution in [1.82, 2.24) is 15.1 Å². The zero-order valence-corrected chi connectivity index (χ0v) is 16.9. The lowest BCUT2D eigenvalue weighted by molar-refractivity contribution is -0.121. The molecule has 4 rings (SSSR count). The monoisotopic (exact) mass is 391 g/mol. The van der Waals surface area contributed by atoms with E-state index in [0.29, 0.717) is 12.1 Å². The van der Waals surface area contributed by atoms with Crippen molar-refractivity contribution in [1.29, 1.82) is 0 Å². The first-order valence-corrected chi connectivity index (χ1v) is 10.0. The van der Waals surface area contributed by atoms with Crippen LogP contribution in [0.2, 0.25) is 0 Å². The molecular formula is C24H26FN3O. The second-order valence-corrected chi connectivity index (χ2v) is 8.62. The third-order valence-electron chi connectivity index (χ3n) is 5.58. The lowest BCUT2D eigenvalue weighted by Gasteiger charge is -2.36. The van der Waals surface area contributed by atoms with E-state index in [4.69, 9.17) is 0 Å². The average molecular weight is 391 g/mol. The SMILES string of the molecule is CC1(C)Cc2c(cnn2Cc2ccccc2)[C@@H](NC(=O)Cc2ccccc2F)C1. The highest BCUT2D eigenvalue weighted by Crippen LogP contribution is 2.40. The topological polar surface area (TPSA) is 46.9 Å². The van der Waals surface area contributed by atoms with Gasteiger partial charge in [0.1, 0.15) is 5.82 Å². The maximum atomic E-state index is 13.9. The molecule has 1 aliphatic rings. The van der Waals surface area contributed by atoms with E-state index in [9.17, 15) is 9.18 Å². The molecule has 1 N–H and O–H groups in total. The van der Waals surface area contributed by atoms with Gasteiger partial charge in [0, 0.05) is 11.3 Å². The Bertz CT molecular complexity index is 1010. The summed E-state index contributed by atoms with van der Waals surface area (Å²) in [6, 6.07) is 16.6. The van der Waals surface area contributed by atoms with Crippen molar-refractivity contribution in [2.45, 2.75) is 45.7 Å². The molecule has 0 fully saturated rings. The van der Waals surface area contributed by atoms with Gasteiger partial charge in [-0.2, -0.15) is 5.10 Å². The predicted molar refractivity (Wildman–Crippen MR) is 111 cm³/mol. The summed E-state index contributed by atoms with van der Waals surface area (Å²) in [7, 11) is 0. The van der Waals surface area contributed by atoms with Crippen molar-refractivity contribution in [2.75, 3.05) is 0 Å². The van der Waals surface area contributed by atoms with Crippen molar-refractivity contribution in [2.24, 2.45) is 5.41 Å². The summed E-state index contributed by atoms with van der Waals surface area (Å²) in [6.07, 6.45) is 3.66. The summed E-state index contributed by atoms with van der Waals surface area (Å²) >= 11 is 0. The molecule has 0 bridgehead atoms. The van der Waals surface area contributed by atoms with E-state index in [-0.39, 0.29) is 29.6 Å². The van der Waals surface area contributed by atoms with Crippen molar-refractivity contribution in [3.63, 3.8) is 0 Å². The van der Waals surface area contributed by atoms with Crippen LogP contribution in [-0.4, -0.2) is 15.7 Å². The molecule has 1 atom stereocenters. The van der Waals surface area contributed by atoms with Crippen LogP contribution in [0.5, 0.6) is 0 Å². The molecule has 0 radical (unpaired) electrons. The van der Waals surface area contributed by atoms with E-state index in [1.54, 1.807) is 18.2 Å². The second kappa shape index (κ2) is 7.82. The number of carbonyl (C=O) groups is 1. The molecule has 1 aliphatic carbocycles. The standard InChI is InChI=1S/C24H26FN3O/c1-24(2)13-21(27-23(29)12-18-10-6-7-11-20(18)25)19-15-26-28(22(19)14-24)16-17-8-4-3-5-9-17/h3-11,15,21H,12-14,16H2,1-2H3,(H,27,29)/t21-/m0/s1. The van der Waals surface area contributed by atoms with E-state index in [1.165, 1.54) is 17.3 Å². The first kappa shape index (κ1) is 19.4. The first-order chi connectivity index (χ1) is 13.9. The van der Waals surface area contributed by atoms with Gasteiger partial charge in [-0.15, -0.1) is 0 Å². The second-order valence-electron chi connectivity index (χ2n) is 8.62. The zero-order chi connectivity index (χ0) is 20.4. The summed E-state index contributed by atoms with van der Waals surface area (Å²) in [5.74, 6) is -0.512. The fourth-order valence-electron chi connectivity index (χ4n) is 4.18. The molecule has 0 spiro atoms. The number of rotatable bonds is 5. The number of hydrogen-bond acceptors (Lipinski definition) is 2. The smallest absolute Gasteiger partial charge is 0.225 e. The predicted octanol–water partition coefficient (Wildman–Crippen LogP) is 4.44. The molecule has 0 aliphatic heterocycles. The van der Waals surface area contributed by atoms with Gasteiger partial charge in [0.15, 0.2) is 0 Å². The lowest BCUT2D eigenvalue weighted by Crippen LogP contribution is -2.37. The van der Waals surface area contributed by atoms with Gasteiger partial charge >= 0.3 is 0 Å². The Hall–Kier alpha value is -2.95. The summed E-state index contributed by atoms with van der Waals surface area (Å²) in [6.45, 7) is 5.14. The summed E-state index contributed by atoms with van der Waals surface area (Å²) in [4.78, 5) is 12.6. The molecule has 1 heterocycles. The highest BCUT2D eigenvalue weighted by molar-refractivity contribution is 5.79. The van der Waals surface area contributed by atoms with Crippen LogP contribution in [-0.2, 0) is 24.2 Å². The Balaban J connectivity index is 1.55. The molecule has 3 aromatic rings. The Kier molecular flexibility index (Phi) is 5.22. The zero-order valence-electron chi connectivity index (χ0n) is 16.9. The van der Waals surface area contributed by atoms with Gasteiger partial charge in [-0.25, -0.2) is 4.39 Å². The molecule has 0 unspecified atom stereocenters. The molecular weight excluding hydrogens is 365 g/mol. The molecule has 150 valence electrons. The van der Waals surface area contributed by atoms with Gasteiger partial charge in [-0.3, -0.25) is 9.48 Å². The lowest BCUT2D eigenvalue weighted by atomic mass is 9.74. The van der Waals surface area contributed by atoms with Crippen LogP contribution < -0.4 is 5.32 Å². The third kappa shape index (κ3) is 4.39. The summed E-state index contributed by atoms with van der Waals surface area (Å²) < 4.78 is 16.0. The number of benzene rings is 2. The van der Waals surface area contributed by atoms with Crippen molar-refractivity contribution >= 4 is 5.91 Å². The highest BCUT2D eigenvalue weighted by Gasteiger charge is 2.35. The maximum absolute atomic E-state index is 13.9. The van der Waals surface area contributed by atoms with E-state index in [0.717, 1.165) is 18.4 Å². The van der Waals surface area contributed by atoms with E-state index in [1.807, 2.05) is 29.1 Å². The molecule has 0 saturated heterocycles. The number of nitrogens with zero attached hydrogens (tertiary/aromatic N) is 2. The number of nitrogens with one attached hydrogen (secondary N) is 1. The van der Waals surface area contributed by atoms with Crippen LogP contribution in [0.3, 0.4) is 0 Å². The van der Waals surface area contributed by atoms with Gasteiger partial charge in [0.25, 0.3) is 0 Å². The summed E-state index contributed by atoms with van der Waals surface area (Å²) in [5, 5.41) is 7.74. The largest absolute Gasteiger partial charge is 0.349 e. The Morgan fingerprint density at radius 1 is 1.17 bits per heavy atom. The van der Waals surface area contributed by atoms with E-state index >= 15 is 0 Å². The molecule has 2 aromatic carbocycles. The van der Waals surface area contributed by atoms with Crippen LogP contribution in [0.1, 0.15) is 48.7 Å². The van der Waals surface area contributed by atoms with Gasteiger partial charge in [-0.1, -0.05) is 62.4 Å².